The number of hydrogen-bond acceptors (Lipinski definition) is 5. The van der Waals surface area contributed by atoms with Crippen molar-refractivity contribution in [1.82, 2.24) is 4.83 Å². The van der Waals surface area contributed by atoms with E-state index in [1.165, 1.54) is 12.1 Å². The lowest BCUT2D eigenvalue weighted by molar-refractivity contribution is 0.102. The second-order valence-corrected chi connectivity index (χ2v) is 9.01. The minimum absolute atomic E-state index is 0.0323. The summed E-state index contributed by atoms with van der Waals surface area (Å²) in [5.41, 5.74) is 1.67. The number of para-hydroxylation sites is 1. The SMILES string of the molecule is Cc1ccc(NC(=O)c2cc3ccccc3o/c2=N/NS(=O)(=O)c2ccccc2)cc1Cl. The van der Waals surface area contributed by atoms with Gasteiger partial charge in [-0.1, -0.05) is 54.1 Å². The molecule has 162 valence electrons. The molecule has 1 amide bonds. The van der Waals surface area contributed by atoms with Gasteiger partial charge in [0.1, 0.15) is 11.1 Å². The van der Waals surface area contributed by atoms with Crippen LogP contribution in [0, 0.1) is 6.92 Å². The number of rotatable bonds is 5. The molecule has 4 rings (SSSR count). The minimum atomic E-state index is -3.95. The molecule has 0 radical (unpaired) electrons. The van der Waals surface area contributed by atoms with Crippen LogP contribution in [-0.2, 0) is 10.0 Å². The molecule has 4 aromatic rings. The molecule has 0 spiro atoms. The Morgan fingerprint density at radius 2 is 1.69 bits per heavy atom. The Kier molecular flexibility index (Phi) is 5.98. The molecule has 0 aliphatic rings. The number of hydrogen-bond donors (Lipinski definition) is 2. The average Bonchev–Trinajstić information content (AvgIpc) is 2.80. The van der Waals surface area contributed by atoms with Crippen molar-refractivity contribution in [3.63, 3.8) is 0 Å². The highest BCUT2D eigenvalue weighted by Crippen LogP contribution is 2.21. The summed E-state index contributed by atoms with van der Waals surface area (Å²) in [5, 5.41) is 7.81. The molecule has 0 unspecified atom stereocenters. The van der Waals surface area contributed by atoms with Crippen molar-refractivity contribution in [3.05, 3.63) is 101 Å². The number of anilines is 1. The number of amides is 1. The molecule has 0 aliphatic heterocycles. The Labute approximate surface area is 189 Å². The summed E-state index contributed by atoms with van der Waals surface area (Å²) in [6.45, 7) is 1.85. The van der Waals surface area contributed by atoms with Crippen LogP contribution >= 0.6 is 11.6 Å². The molecule has 9 heteroatoms. The van der Waals surface area contributed by atoms with E-state index in [0.29, 0.717) is 21.7 Å². The molecule has 0 saturated carbocycles. The van der Waals surface area contributed by atoms with Crippen LogP contribution in [0.25, 0.3) is 11.0 Å². The van der Waals surface area contributed by atoms with Crippen molar-refractivity contribution < 1.29 is 17.6 Å². The second-order valence-electron chi connectivity index (χ2n) is 6.94. The number of carbonyl (C=O) groups excluding carboxylic acids is 1. The Morgan fingerprint density at radius 1 is 0.969 bits per heavy atom. The third-order valence-electron chi connectivity index (χ3n) is 4.65. The zero-order chi connectivity index (χ0) is 22.7. The Hall–Kier alpha value is -3.62. The molecule has 7 nitrogen and oxygen atoms in total. The summed E-state index contributed by atoms with van der Waals surface area (Å²) in [6.07, 6.45) is 0. The maximum atomic E-state index is 13.0. The number of halogens is 1. The summed E-state index contributed by atoms with van der Waals surface area (Å²) in [5.74, 6) is -0.530. The maximum absolute atomic E-state index is 13.0. The van der Waals surface area contributed by atoms with Crippen LogP contribution in [0.1, 0.15) is 15.9 Å². The van der Waals surface area contributed by atoms with Crippen molar-refractivity contribution in [1.29, 1.82) is 0 Å². The predicted molar refractivity (Wildman–Crippen MR) is 123 cm³/mol. The van der Waals surface area contributed by atoms with E-state index in [4.69, 9.17) is 16.0 Å². The molecular weight excluding hydrogens is 450 g/mol. The first kappa shape index (κ1) is 21.6. The van der Waals surface area contributed by atoms with E-state index >= 15 is 0 Å². The lowest BCUT2D eigenvalue weighted by atomic mass is 10.1. The van der Waals surface area contributed by atoms with Crippen LogP contribution in [0.2, 0.25) is 5.02 Å². The zero-order valence-corrected chi connectivity index (χ0v) is 18.4. The van der Waals surface area contributed by atoms with Crippen molar-refractivity contribution in [2.75, 3.05) is 5.32 Å². The minimum Gasteiger partial charge on any atom is -0.436 e. The van der Waals surface area contributed by atoms with Gasteiger partial charge in [0.15, 0.2) is 0 Å². The predicted octanol–water partition coefficient (Wildman–Crippen LogP) is 4.44. The van der Waals surface area contributed by atoms with E-state index in [0.717, 1.165) is 5.56 Å². The first-order valence-electron chi connectivity index (χ1n) is 9.54. The highest BCUT2D eigenvalue weighted by Gasteiger charge is 2.16. The third kappa shape index (κ3) is 4.66. The van der Waals surface area contributed by atoms with Gasteiger partial charge >= 0.3 is 0 Å². The molecule has 1 aromatic heterocycles. The smallest absolute Gasteiger partial charge is 0.276 e. The summed E-state index contributed by atoms with van der Waals surface area (Å²) < 4.78 is 30.8. The number of carbonyl (C=O) groups is 1. The van der Waals surface area contributed by atoms with E-state index in [1.807, 2.05) is 6.92 Å². The second kappa shape index (κ2) is 8.86. The van der Waals surface area contributed by atoms with Crippen LogP contribution < -0.4 is 15.7 Å². The normalized spacial score (nSPS) is 12.0. The highest BCUT2D eigenvalue weighted by atomic mass is 35.5. The summed E-state index contributed by atoms with van der Waals surface area (Å²) >= 11 is 6.15. The quantitative estimate of drug-likeness (QED) is 0.423. The fourth-order valence-corrected chi connectivity index (χ4v) is 3.94. The van der Waals surface area contributed by atoms with E-state index in [9.17, 15) is 13.2 Å². The van der Waals surface area contributed by atoms with Crippen LogP contribution in [0.3, 0.4) is 0 Å². The van der Waals surface area contributed by atoms with E-state index in [2.05, 4.69) is 15.2 Å². The molecule has 0 atom stereocenters. The molecule has 1 heterocycles. The third-order valence-corrected chi connectivity index (χ3v) is 6.28. The van der Waals surface area contributed by atoms with Crippen LogP contribution in [0.5, 0.6) is 0 Å². The number of fused-ring (bicyclic) bond motifs is 1. The van der Waals surface area contributed by atoms with Gasteiger partial charge in [-0.25, -0.2) is 0 Å². The molecular formula is C23H18ClN3O4S. The van der Waals surface area contributed by atoms with Crippen molar-refractivity contribution in [3.8, 4) is 0 Å². The molecule has 2 N–H and O–H groups in total. The summed E-state index contributed by atoms with van der Waals surface area (Å²) in [4.78, 5) is 15.2. The number of nitrogens with one attached hydrogen (secondary N) is 2. The molecule has 0 fully saturated rings. The van der Waals surface area contributed by atoms with Gasteiger partial charge in [-0.3, -0.25) is 4.79 Å². The van der Waals surface area contributed by atoms with Gasteiger partial charge in [-0.2, -0.15) is 13.2 Å². The highest BCUT2D eigenvalue weighted by molar-refractivity contribution is 7.89. The molecule has 0 saturated heterocycles. The van der Waals surface area contributed by atoms with Crippen LogP contribution in [-0.4, -0.2) is 14.3 Å². The van der Waals surface area contributed by atoms with Gasteiger partial charge in [0, 0.05) is 16.1 Å². The summed E-state index contributed by atoms with van der Waals surface area (Å²) in [6, 6.07) is 21.5. The largest absolute Gasteiger partial charge is 0.436 e. The molecule has 0 bridgehead atoms. The van der Waals surface area contributed by atoms with Gasteiger partial charge in [-0.15, -0.1) is 5.10 Å². The standard InChI is InChI=1S/C23H18ClN3O4S/c1-15-11-12-17(14-20(15)24)25-22(28)19-13-16-7-5-6-10-21(16)31-23(19)26-27-32(29,30)18-8-3-2-4-9-18/h2-14,27H,1H3,(H,25,28)/b26-23+. The fourth-order valence-electron chi connectivity index (χ4n) is 2.94. The fraction of sp³-hybridized carbons (Fsp3) is 0.0435. The summed E-state index contributed by atoms with van der Waals surface area (Å²) in [7, 11) is -3.95. The lowest BCUT2D eigenvalue weighted by Crippen LogP contribution is -2.27. The average molecular weight is 468 g/mol. The number of benzene rings is 3. The van der Waals surface area contributed by atoms with Gasteiger partial charge < -0.3 is 9.73 Å². The monoisotopic (exact) mass is 467 g/mol. The van der Waals surface area contributed by atoms with E-state index < -0.39 is 15.9 Å². The van der Waals surface area contributed by atoms with Crippen LogP contribution in [0.4, 0.5) is 5.69 Å². The van der Waals surface area contributed by atoms with Crippen LogP contribution in [0.15, 0.2) is 93.3 Å². The Balaban J connectivity index is 1.75. The first-order valence-corrected chi connectivity index (χ1v) is 11.4. The number of nitrogens with zero attached hydrogens (tertiary/aromatic N) is 1. The van der Waals surface area contributed by atoms with E-state index in [-0.39, 0.29) is 16.0 Å². The maximum Gasteiger partial charge on any atom is 0.276 e. The number of sulfonamides is 1. The van der Waals surface area contributed by atoms with Gasteiger partial charge in [-0.05, 0) is 48.9 Å². The Bertz CT molecular complexity index is 1480. The first-order chi connectivity index (χ1) is 15.3. The molecule has 32 heavy (non-hydrogen) atoms. The molecule has 0 aliphatic carbocycles. The zero-order valence-electron chi connectivity index (χ0n) is 16.9. The van der Waals surface area contributed by atoms with Gasteiger partial charge in [0.25, 0.3) is 15.9 Å². The van der Waals surface area contributed by atoms with Crippen molar-refractivity contribution in [2.45, 2.75) is 11.8 Å². The van der Waals surface area contributed by atoms with Crippen molar-refractivity contribution in [2.24, 2.45) is 5.10 Å². The van der Waals surface area contributed by atoms with E-state index in [1.54, 1.807) is 66.7 Å². The lowest BCUT2D eigenvalue weighted by Gasteiger charge is -2.08. The van der Waals surface area contributed by atoms with Gasteiger partial charge in [0.2, 0.25) is 5.55 Å². The van der Waals surface area contributed by atoms with Gasteiger partial charge in [0.05, 0.1) is 4.90 Å². The van der Waals surface area contributed by atoms with Crippen molar-refractivity contribution >= 4 is 44.2 Å². The topological polar surface area (TPSA) is 101 Å². The molecule has 3 aromatic carbocycles. The number of aryl methyl sites for hydroxylation is 1. The Morgan fingerprint density at radius 3 is 2.44 bits per heavy atom.